The van der Waals surface area contributed by atoms with E-state index in [-0.39, 0.29) is 6.04 Å². The van der Waals surface area contributed by atoms with E-state index in [1.54, 1.807) is 0 Å². The summed E-state index contributed by atoms with van der Waals surface area (Å²) in [4.78, 5) is 4.68. The Hall–Kier alpha value is -2.41. The monoisotopic (exact) mass is 273 g/mol. The minimum absolute atomic E-state index is 0.178. The second-order valence-electron chi connectivity index (χ2n) is 5.47. The summed E-state index contributed by atoms with van der Waals surface area (Å²) in [5, 5.41) is 2.52. The highest BCUT2D eigenvalue weighted by atomic mass is 14.8. The van der Waals surface area contributed by atoms with Crippen molar-refractivity contribution < 1.29 is 0 Å². The van der Waals surface area contributed by atoms with Gasteiger partial charge >= 0.3 is 0 Å². The van der Waals surface area contributed by atoms with E-state index in [9.17, 15) is 0 Å². The highest BCUT2D eigenvalue weighted by Gasteiger charge is 2.01. The van der Waals surface area contributed by atoms with Gasteiger partial charge in [-0.05, 0) is 41.8 Å². The Kier molecular flexibility index (Phi) is 3.83. The molecule has 0 saturated carbocycles. The first-order valence-corrected chi connectivity index (χ1v) is 7.31. The number of benzene rings is 3. The lowest BCUT2D eigenvalue weighted by molar-refractivity contribution is 0.824. The van der Waals surface area contributed by atoms with Gasteiger partial charge in [0.15, 0.2) is 0 Å². The fourth-order valence-electron chi connectivity index (χ4n) is 2.42. The van der Waals surface area contributed by atoms with Gasteiger partial charge in [0.1, 0.15) is 0 Å². The molecule has 1 nitrogen and oxygen atoms in total. The fraction of sp³-hybridized carbons (Fsp3) is 0.150. The van der Waals surface area contributed by atoms with Gasteiger partial charge in [0.05, 0.1) is 6.04 Å². The van der Waals surface area contributed by atoms with Crippen LogP contribution in [0.5, 0.6) is 0 Å². The van der Waals surface area contributed by atoms with Gasteiger partial charge in [0.25, 0.3) is 0 Å². The molecule has 3 rings (SSSR count). The van der Waals surface area contributed by atoms with E-state index in [0.717, 1.165) is 5.56 Å². The van der Waals surface area contributed by atoms with Gasteiger partial charge in [-0.25, -0.2) is 0 Å². The Morgan fingerprint density at radius 3 is 2.33 bits per heavy atom. The maximum Gasteiger partial charge on any atom is 0.0721 e. The molecule has 0 N–H and O–H groups in total. The fourth-order valence-corrected chi connectivity index (χ4v) is 2.42. The summed E-state index contributed by atoms with van der Waals surface area (Å²) in [7, 11) is 0. The van der Waals surface area contributed by atoms with Crippen LogP contribution in [0, 0.1) is 6.92 Å². The minimum atomic E-state index is 0.178. The predicted octanol–water partition coefficient (Wildman–Crippen LogP) is 5.33. The lowest BCUT2D eigenvalue weighted by Crippen LogP contribution is -1.91. The number of hydrogen-bond donors (Lipinski definition) is 0. The van der Waals surface area contributed by atoms with Crippen LogP contribution in [-0.4, -0.2) is 6.21 Å². The molecule has 3 aromatic rings. The van der Waals surface area contributed by atoms with E-state index in [0.29, 0.717) is 0 Å². The van der Waals surface area contributed by atoms with Crippen LogP contribution in [0.15, 0.2) is 71.7 Å². The molecule has 0 radical (unpaired) electrons. The number of hydrogen-bond acceptors (Lipinski definition) is 1. The highest BCUT2D eigenvalue weighted by molar-refractivity contribution is 5.90. The first kappa shape index (κ1) is 13.6. The summed E-state index contributed by atoms with van der Waals surface area (Å²) in [6, 6.07) is 23.6. The summed E-state index contributed by atoms with van der Waals surface area (Å²) in [5.41, 5.74) is 3.68. The standard InChI is InChI=1S/C20H19N/c1-15-7-10-18(11-8-15)16(2)21-14-17-9-12-19-5-3-4-6-20(19)13-17/h3-14,16H,1-2H3/t16-/m0/s1. The Bertz CT molecular complexity index is 769. The summed E-state index contributed by atoms with van der Waals surface area (Å²) >= 11 is 0. The quantitative estimate of drug-likeness (QED) is 0.572. The predicted molar refractivity (Wildman–Crippen MR) is 91.1 cm³/mol. The second kappa shape index (κ2) is 5.92. The molecule has 0 unspecified atom stereocenters. The van der Waals surface area contributed by atoms with Crippen LogP contribution in [0.1, 0.15) is 29.7 Å². The van der Waals surface area contributed by atoms with Gasteiger partial charge in [0, 0.05) is 6.21 Å². The smallest absolute Gasteiger partial charge is 0.0721 e. The number of rotatable bonds is 3. The first-order chi connectivity index (χ1) is 10.2. The van der Waals surface area contributed by atoms with Gasteiger partial charge in [-0.1, -0.05) is 66.2 Å². The normalized spacial score (nSPS) is 12.9. The second-order valence-corrected chi connectivity index (χ2v) is 5.47. The molecule has 0 aromatic heterocycles. The number of nitrogens with zero attached hydrogens (tertiary/aromatic N) is 1. The molecule has 1 heteroatoms. The Labute approximate surface area is 126 Å². The lowest BCUT2D eigenvalue weighted by Gasteiger charge is -2.07. The molecule has 1 atom stereocenters. The van der Waals surface area contributed by atoms with Crippen molar-refractivity contribution in [2.45, 2.75) is 19.9 Å². The Morgan fingerprint density at radius 2 is 1.57 bits per heavy atom. The van der Waals surface area contributed by atoms with E-state index in [1.807, 2.05) is 6.21 Å². The Balaban J connectivity index is 1.81. The van der Waals surface area contributed by atoms with Crippen LogP contribution in [0.4, 0.5) is 0 Å². The van der Waals surface area contributed by atoms with Crippen LogP contribution in [0.3, 0.4) is 0 Å². The zero-order valence-corrected chi connectivity index (χ0v) is 12.5. The van der Waals surface area contributed by atoms with Crippen molar-refractivity contribution in [2.75, 3.05) is 0 Å². The molecule has 0 aliphatic rings. The van der Waals surface area contributed by atoms with Crippen LogP contribution in [0.2, 0.25) is 0 Å². The van der Waals surface area contributed by atoms with E-state index in [1.165, 1.54) is 21.9 Å². The minimum Gasteiger partial charge on any atom is -0.285 e. The van der Waals surface area contributed by atoms with E-state index in [2.05, 4.69) is 85.6 Å². The van der Waals surface area contributed by atoms with Gasteiger partial charge in [-0.2, -0.15) is 0 Å². The molecule has 0 fully saturated rings. The molecule has 104 valence electrons. The van der Waals surface area contributed by atoms with Gasteiger partial charge < -0.3 is 0 Å². The molecule has 0 saturated heterocycles. The van der Waals surface area contributed by atoms with E-state index >= 15 is 0 Å². The van der Waals surface area contributed by atoms with Crippen molar-refractivity contribution in [3.8, 4) is 0 Å². The third-order valence-electron chi connectivity index (χ3n) is 3.78. The summed E-state index contributed by atoms with van der Waals surface area (Å²) in [5.74, 6) is 0. The summed E-state index contributed by atoms with van der Waals surface area (Å²) in [6.45, 7) is 4.23. The molecule has 0 aliphatic carbocycles. The molecule has 0 heterocycles. The maximum atomic E-state index is 4.68. The zero-order chi connectivity index (χ0) is 14.7. The van der Waals surface area contributed by atoms with Crippen molar-refractivity contribution in [1.29, 1.82) is 0 Å². The van der Waals surface area contributed by atoms with Crippen molar-refractivity contribution in [3.63, 3.8) is 0 Å². The van der Waals surface area contributed by atoms with Gasteiger partial charge in [-0.15, -0.1) is 0 Å². The van der Waals surface area contributed by atoms with Crippen LogP contribution < -0.4 is 0 Å². The third kappa shape index (κ3) is 3.19. The van der Waals surface area contributed by atoms with Crippen LogP contribution >= 0.6 is 0 Å². The third-order valence-corrected chi connectivity index (χ3v) is 3.78. The maximum absolute atomic E-state index is 4.68. The van der Waals surface area contributed by atoms with Crippen LogP contribution in [0.25, 0.3) is 10.8 Å². The summed E-state index contributed by atoms with van der Waals surface area (Å²) in [6.07, 6.45) is 1.97. The Morgan fingerprint density at radius 1 is 0.857 bits per heavy atom. The molecule has 0 spiro atoms. The molecule has 0 amide bonds. The van der Waals surface area contributed by atoms with Crippen molar-refractivity contribution >= 4 is 17.0 Å². The number of aliphatic imine (C=N–C) groups is 1. The molecule has 21 heavy (non-hydrogen) atoms. The highest BCUT2D eigenvalue weighted by Crippen LogP contribution is 2.18. The molecule has 0 bridgehead atoms. The lowest BCUT2D eigenvalue weighted by atomic mass is 10.1. The number of fused-ring (bicyclic) bond motifs is 1. The zero-order valence-electron chi connectivity index (χ0n) is 12.5. The van der Waals surface area contributed by atoms with E-state index < -0.39 is 0 Å². The topological polar surface area (TPSA) is 12.4 Å². The van der Waals surface area contributed by atoms with E-state index in [4.69, 9.17) is 0 Å². The van der Waals surface area contributed by atoms with Crippen molar-refractivity contribution in [3.05, 3.63) is 83.4 Å². The number of aryl methyl sites for hydroxylation is 1. The van der Waals surface area contributed by atoms with Crippen molar-refractivity contribution in [2.24, 2.45) is 4.99 Å². The largest absolute Gasteiger partial charge is 0.285 e. The average Bonchev–Trinajstić information content (AvgIpc) is 2.53. The van der Waals surface area contributed by atoms with Gasteiger partial charge in [-0.3, -0.25) is 4.99 Å². The molecule has 0 aliphatic heterocycles. The summed E-state index contributed by atoms with van der Waals surface area (Å²) < 4.78 is 0. The molecular formula is C20H19N. The van der Waals surface area contributed by atoms with Crippen LogP contribution in [-0.2, 0) is 0 Å². The first-order valence-electron chi connectivity index (χ1n) is 7.31. The SMILES string of the molecule is Cc1ccc([C@H](C)N=Cc2ccc3ccccc3c2)cc1. The van der Waals surface area contributed by atoms with Crippen molar-refractivity contribution in [1.82, 2.24) is 0 Å². The average molecular weight is 273 g/mol. The molecule has 3 aromatic carbocycles. The molecular weight excluding hydrogens is 254 g/mol. The van der Waals surface area contributed by atoms with Gasteiger partial charge in [0.2, 0.25) is 0 Å².